The van der Waals surface area contributed by atoms with Crippen molar-refractivity contribution >= 4 is 17.6 Å². The van der Waals surface area contributed by atoms with Crippen molar-refractivity contribution in [1.82, 2.24) is 4.90 Å². The first kappa shape index (κ1) is 15.4. The third kappa shape index (κ3) is 3.54. The van der Waals surface area contributed by atoms with E-state index in [1.165, 1.54) is 0 Å². The Morgan fingerprint density at radius 1 is 1.33 bits per heavy atom. The van der Waals surface area contributed by atoms with Crippen molar-refractivity contribution in [1.29, 1.82) is 0 Å². The van der Waals surface area contributed by atoms with Crippen molar-refractivity contribution in [2.75, 3.05) is 18.9 Å². The van der Waals surface area contributed by atoms with Gasteiger partial charge in [0.05, 0.1) is 6.61 Å². The molecule has 1 aromatic rings. The van der Waals surface area contributed by atoms with Gasteiger partial charge >= 0.3 is 5.97 Å². The summed E-state index contributed by atoms with van der Waals surface area (Å²) in [4.78, 5) is 26.3. The molecule has 114 valence electrons. The molecule has 1 aliphatic heterocycles. The van der Waals surface area contributed by atoms with E-state index in [0.29, 0.717) is 30.8 Å². The number of aryl methyl sites for hydroxylation is 1. The average Bonchev–Trinajstić information content (AvgIpc) is 2.45. The molecule has 0 spiro atoms. The Kier molecular flexibility index (Phi) is 4.83. The molecule has 5 nitrogen and oxygen atoms in total. The summed E-state index contributed by atoms with van der Waals surface area (Å²) in [6.45, 7) is 4.57. The van der Waals surface area contributed by atoms with E-state index in [9.17, 15) is 9.59 Å². The second kappa shape index (κ2) is 6.61. The van der Waals surface area contributed by atoms with E-state index in [0.717, 1.165) is 18.4 Å². The molecule has 1 unspecified atom stereocenters. The van der Waals surface area contributed by atoms with Crippen LogP contribution >= 0.6 is 0 Å². The van der Waals surface area contributed by atoms with Crippen molar-refractivity contribution in [3.8, 4) is 0 Å². The van der Waals surface area contributed by atoms with Crippen LogP contribution in [0.1, 0.15) is 42.1 Å². The molecule has 0 bridgehead atoms. The predicted molar refractivity (Wildman–Crippen MR) is 80.9 cm³/mol. The number of rotatable bonds is 3. The Morgan fingerprint density at radius 2 is 2.10 bits per heavy atom. The molecule has 0 aromatic heterocycles. The van der Waals surface area contributed by atoms with E-state index in [2.05, 4.69) is 0 Å². The van der Waals surface area contributed by atoms with E-state index in [4.69, 9.17) is 10.5 Å². The SMILES string of the molecule is CCOC(=O)C1CCCCN1C(=O)c1cc(C)cc(N)c1. The Labute approximate surface area is 125 Å². The first-order valence-corrected chi connectivity index (χ1v) is 7.37. The van der Waals surface area contributed by atoms with Crippen LogP contribution in [0.3, 0.4) is 0 Å². The minimum absolute atomic E-state index is 0.150. The number of anilines is 1. The molecule has 1 aromatic carbocycles. The molecule has 0 aliphatic carbocycles. The van der Waals surface area contributed by atoms with Crippen LogP contribution in [0.2, 0.25) is 0 Å². The first-order valence-electron chi connectivity index (χ1n) is 7.37. The number of esters is 1. The topological polar surface area (TPSA) is 72.6 Å². The van der Waals surface area contributed by atoms with Gasteiger partial charge in [-0.3, -0.25) is 4.79 Å². The molecule has 0 saturated carbocycles. The van der Waals surface area contributed by atoms with E-state index >= 15 is 0 Å². The van der Waals surface area contributed by atoms with Crippen LogP contribution in [0.15, 0.2) is 18.2 Å². The molecule has 0 radical (unpaired) electrons. The second-order valence-electron chi connectivity index (χ2n) is 5.39. The lowest BCUT2D eigenvalue weighted by Crippen LogP contribution is -2.48. The van der Waals surface area contributed by atoms with Gasteiger partial charge in [-0.15, -0.1) is 0 Å². The molecule has 21 heavy (non-hydrogen) atoms. The number of hydrogen-bond acceptors (Lipinski definition) is 4. The van der Waals surface area contributed by atoms with Crippen LogP contribution in [-0.4, -0.2) is 36.0 Å². The summed E-state index contributed by atoms with van der Waals surface area (Å²) in [5, 5.41) is 0. The number of benzene rings is 1. The lowest BCUT2D eigenvalue weighted by atomic mass is 10.00. The normalized spacial score (nSPS) is 18.4. The lowest BCUT2D eigenvalue weighted by molar-refractivity contribution is -0.149. The predicted octanol–water partition coefficient (Wildman–Crippen LogP) is 2.14. The van der Waals surface area contributed by atoms with Gasteiger partial charge in [0.1, 0.15) is 6.04 Å². The van der Waals surface area contributed by atoms with Crippen LogP contribution in [0.5, 0.6) is 0 Å². The number of carbonyl (C=O) groups is 2. The van der Waals surface area contributed by atoms with Crippen molar-refractivity contribution in [2.45, 2.75) is 39.2 Å². The summed E-state index contributed by atoms with van der Waals surface area (Å²) in [7, 11) is 0. The number of nitrogen functional groups attached to an aromatic ring is 1. The number of nitrogens with two attached hydrogens (primary N) is 1. The quantitative estimate of drug-likeness (QED) is 0.683. The molecular formula is C16H22N2O3. The highest BCUT2D eigenvalue weighted by Gasteiger charge is 2.33. The van der Waals surface area contributed by atoms with Crippen LogP contribution < -0.4 is 5.73 Å². The number of carbonyl (C=O) groups excluding carboxylic acids is 2. The Bertz CT molecular complexity index is 522. The third-order valence-corrected chi connectivity index (χ3v) is 3.67. The smallest absolute Gasteiger partial charge is 0.328 e. The van der Waals surface area contributed by atoms with Gasteiger partial charge in [-0.2, -0.15) is 0 Å². The fourth-order valence-corrected chi connectivity index (χ4v) is 2.76. The van der Waals surface area contributed by atoms with Crippen LogP contribution in [0.4, 0.5) is 5.69 Å². The minimum atomic E-state index is -0.479. The Morgan fingerprint density at radius 3 is 2.76 bits per heavy atom. The molecule has 1 heterocycles. The number of hydrogen-bond donors (Lipinski definition) is 1. The number of ether oxygens (including phenoxy) is 1. The number of likely N-dealkylation sites (tertiary alicyclic amines) is 1. The molecule has 1 aliphatic rings. The first-order chi connectivity index (χ1) is 10.0. The minimum Gasteiger partial charge on any atom is -0.464 e. The molecule has 2 N–H and O–H groups in total. The maximum absolute atomic E-state index is 12.7. The third-order valence-electron chi connectivity index (χ3n) is 3.67. The summed E-state index contributed by atoms with van der Waals surface area (Å²) in [6, 6.07) is 4.80. The lowest BCUT2D eigenvalue weighted by Gasteiger charge is -2.34. The van der Waals surface area contributed by atoms with E-state index < -0.39 is 6.04 Å². The van der Waals surface area contributed by atoms with Gasteiger partial charge in [0, 0.05) is 17.8 Å². The highest BCUT2D eigenvalue weighted by Crippen LogP contribution is 2.22. The highest BCUT2D eigenvalue weighted by molar-refractivity contribution is 5.97. The fourth-order valence-electron chi connectivity index (χ4n) is 2.76. The van der Waals surface area contributed by atoms with Crippen LogP contribution in [0.25, 0.3) is 0 Å². The number of piperidine rings is 1. The van der Waals surface area contributed by atoms with Gasteiger partial charge in [0.25, 0.3) is 5.91 Å². The molecule has 1 amide bonds. The van der Waals surface area contributed by atoms with E-state index in [-0.39, 0.29) is 11.9 Å². The van der Waals surface area contributed by atoms with Crippen molar-refractivity contribution in [3.05, 3.63) is 29.3 Å². The van der Waals surface area contributed by atoms with Crippen LogP contribution in [-0.2, 0) is 9.53 Å². The average molecular weight is 290 g/mol. The van der Waals surface area contributed by atoms with Crippen molar-refractivity contribution < 1.29 is 14.3 Å². The summed E-state index contributed by atoms with van der Waals surface area (Å²) >= 11 is 0. The van der Waals surface area contributed by atoms with Crippen molar-refractivity contribution in [2.24, 2.45) is 0 Å². The van der Waals surface area contributed by atoms with Crippen molar-refractivity contribution in [3.63, 3.8) is 0 Å². The highest BCUT2D eigenvalue weighted by atomic mass is 16.5. The number of amides is 1. The van der Waals surface area contributed by atoms with Gasteiger partial charge in [-0.1, -0.05) is 0 Å². The Hall–Kier alpha value is -2.04. The molecule has 1 saturated heterocycles. The van der Waals surface area contributed by atoms with Gasteiger partial charge in [-0.25, -0.2) is 4.79 Å². The zero-order chi connectivity index (χ0) is 15.4. The maximum Gasteiger partial charge on any atom is 0.328 e. The monoisotopic (exact) mass is 290 g/mol. The van der Waals surface area contributed by atoms with Gasteiger partial charge in [0.2, 0.25) is 0 Å². The summed E-state index contributed by atoms with van der Waals surface area (Å²) < 4.78 is 5.09. The van der Waals surface area contributed by atoms with Crippen LogP contribution in [0, 0.1) is 6.92 Å². The standard InChI is InChI=1S/C16H22N2O3/c1-3-21-16(20)14-6-4-5-7-18(14)15(19)12-8-11(2)9-13(17)10-12/h8-10,14H,3-7,17H2,1-2H3. The summed E-state index contributed by atoms with van der Waals surface area (Å²) in [5.74, 6) is -0.464. The largest absolute Gasteiger partial charge is 0.464 e. The van der Waals surface area contributed by atoms with Gasteiger partial charge < -0.3 is 15.4 Å². The fraction of sp³-hybridized carbons (Fsp3) is 0.500. The maximum atomic E-state index is 12.7. The molecular weight excluding hydrogens is 268 g/mol. The zero-order valence-corrected chi connectivity index (χ0v) is 12.6. The van der Waals surface area contributed by atoms with E-state index in [1.54, 1.807) is 24.0 Å². The Balaban J connectivity index is 2.24. The second-order valence-corrected chi connectivity index (χ2v) is 5.39. The van der Waals surface area contributed by atoms with Gasteiger partial charge in [-0.05, 0) is 56.9 Å². The summed E-state index contributed by atoms with van der Waals surface area (Å²) in [6.07, 6.45) is 2.50. The molecule has 5 heteroatoms. The molecule has 2 rings (SSSR count). The summed E-state index contributed by atoms with van der Waals surface area (Å²) in [5.41, 5.74) is 7.83. The molecule has 1 fully saturated rings. The van der Waals surface area contributed by atoms with E-state index in [1.807, 2.05) is 13.0 Å². The molecule has 1 atom stereocenters. The van der Waals surface area contributed by atoms with Gasteiger partial charge in [0.15, 0.2) is 0 Å². The number of nitrogens with zero attached hydrogens (tertiary/aromatic N) is 1. The zero-order valence-electron chi connectivity index (χ0n) is 12.6.